The molecule has 0 radical (unpaired) electrons. The summed E-state index contributed by atoms with van der Waals surface area (Å²) in [6.07, 6.45) is 2.53. The number of carbonyl (C=O) groups excluding carboxylic acids is 1. The van der Waals surface area contributed by atoms with Crippen LogP contribution in [0, 0.1) is 0 Å². The second kappa shape index (κ2) is 7.38. The standard InChI is InChI=1S/C15H32N4O/c1-6-19-9-7-8-13(19)10-18(5)11-15(4,14(16)20)17-12(2)3/h12-13,17H,6-11H2,1-5H3,(H2,16,20). The normalized spacial score (nSPS) is 23.4. The lowest BCUT2D eigenvalue weighted by atomic mass is 9.99. The van der Waals surface area contributed by atoms with Gasteiger partial charge in [-0.3, -0.25) is 9.69 Å². The van der Waals surface area contributed by atoms with Crippen LogP contribution in [0.2, 0.25) is 0 Å². The molecule has 2 atom stereocenters. The Bertz CT molecular complexity index is 321. The number of hydrogen-bond acceptors (Lipinski definition) is 4. The third-order valence-corrected chi connectivity index (χ3v) is 4.16. The number of primary amides is 1. The SMILES string of the molecule is CCN1CCCC1CN(C)CC(C)(NC(C)C)C(N)=O. The maximum atomic E-state index is 11.8. The summed E-state index contributed by atoms with van der Waals surface area (Å²) in [5.41, 5.74) is 4.92. The lowest BCUT2D eigenvalue weighted by Gasteiger charge is -2.36. The molecule has 1 rings (SSSR count). The molecular formula is C15H32N4O. The first-order chi connectivity index (χ1) is 9.28. The average molecular weight is 284 g/mol. The summed E-state index contributed by atoms with van der Waals surface area (Å²) in [4.78, 5) is 16.5. The van der Waals surface area contributed by atoms with Crippen LogP contribution in [0.1, 0.15) is 40.5 Å². The van der Waals surface area contributed by atoms with Gasteiger partial charge in [-0.1, -0.05) is 6.92 Å². The van der Waals surface area contributed by atoms with Crippen molar-refractivity contribution in [3.8, 4) is 0 Å². The molecule has 0 aliphatic carbocycles. The van der Waals surface area contributed by atoms with E-state index in [9.17, 15) is 4.79 Å². The predicted molar refractivity (Wildman–Crippen MR) is 83.6 cm³/mol. The van der Waals surface area contributed by atoms with E-state index >= 15 is 0 Å². The zero-order valence-corrected chi connectivity index (χ0v) is 13.8. The Kier molecular flexibility index (Phi) is 6.43. The lowest BCUT2D eigenvalue weighted by molar-refractivity contribution is -0.124. The largest absolute Gasteiger partial charge is 0.368 e. The fourth-order valence-corrected chi connectivity index (χ4v) is 3.31. The van der Waals surface area contributed by atoms with Crippen LogP contribution in [0.3, 0.4) is 0 Å². The highest BCUT2D eigenvalue weighted by Crippen LogP contribution is 2.18. The summed E-state index contributed by atoms with van der Waals surface area (Å²) in [7, 11) is 2.08. The third kappa shape index (κ3) is 4.72. The number of likely N-dealkylation sites (N-methyl/N-ethyl adjacent to an activating group) is 2. The monoisotopic (exact) mass is 284 g/mol. The topological polar surface area (TPSA) is 61.6 Å². The van der Waals surface area contributed by atoms with Crippen molar-refractivity contribution in [2.75, 3.05) is 33.2 Å². The van der Waals surface area contributed by atoms with Gasteiger partial charge in [-0.2, -0.15) is 0 Å². The highest BCUT2D eigenvalue weighted by Gasteiger charge is 2.34. The molecule has 0 saturated carbocycles. The first-order valence-corrected chi connectivity index (χ1v) is 7.78. The first-order valence-electron chi connectivity index (χ1n) is 7.78. The number of nitrogens with one attached hydrogen (secondary N) is 1. The van der Waals surface area contributed by atoms with Crippen molar-refractivity contribution >= 4 is 5.91 Å². The number of likely N-dealkylation sites (tertiary alicyclic amines) is 1. The zero-order valence-electron chi connectivity index (χ0n) is 13.8. The molecule has 20 heavy (non-hydrogen) atoms. The minimum absolute atomic E-state index is 0.236. The van der Waals surface area contributed by atoms with Crippen molar-refractivity contribution in [1.29, 1.82) is 0 Å². The minimum Gasteiger partial charge on any atom is -0.368 e. The summed E-state index contributed by atoms with van der Waals surface area (Å²) in [5.74, 6) is -0.281. The van der Waals surface area contributed by atoms with Gasteiger partial charge in [-0.15, -0.1) is 0 Å². The second-order valence-electron chi connectivity index (χ2n) is 6.62. The predicted octanol–water partition coefficient (Wildman–Crippen LogP) is 0.645. The van der Waals surface area contributed by atoms with Gasteiger partial charge in [-0.05, 0) is 53.8 Å². The number of carbonyl (C=O) groups is 1. The van der Waals surface area contributed by atoms with Crippen molar-refractivity contribution in [1.82, 2.24) is 15.1 Å². The van der Waals surface area contributed by atoms with Crippen LogP contribution in [0.25, 0.3) is 0 Å². The van der Waals surface area contributed by atoms with Crippen molar-refractivity contribution in [2.45, 2.75) is 58.2 Å². The molecule has 1 amide bonds. The Labute approximate surface area is 123 Å². The second-order valence-corrected chi connectivity index (χ2v) is 6.62. The van der Waals surface area contributed by atoms with Crippen LogP contribution in [-0.4, -0.2) is 66.6 Å². The number of amides is 1. The molecule has 0 aromatic carbocycles. The molecule has 3 N–H and O–H groups in total. The molecule has 5 nitrogen and oxygen atoms in total. The minimum atomic E-state index is -0.668. The van der Waals surface area contributed by atoms with Gasteiger partial charge < -0.3 is 16.0 Å². The maximum absolute atomic E-state index is 11.8. The summed E-state index contributed by atoms with van der Waals surface area (Å²) in [6, 6.07) is 0.848. The van der Waals surface area contributed by atoms with Gasteiger partial charge in [0.15, 0.2) is 0 Å². The third-order valence-electron chi connectivity index (χ3n) is 4.16. The highest BCUT2D eigenvalue weighted by atomic mass is 16.1. The van der Waals surface area contributed by atoms with Crippen LogP contribution in [0.5, 0.6) is 0 Å². The summed E-state index contributed by atoms with van der Waals surface area (Å²) >= 11 is 0. The maximum Gasteiger partial charge on any atom is 0.238 e. The van der Waals surface area contributed by atoms with Crippen molar-refractivity contribution < 1.29 is 4.79 Å². The molecule has 118 valence electrons. The Balaban J connectivity index is 2.58. The van der Waals surface area contributed by atoms with E-state index in [-0.39, 0.29) is 11.9 Å². The van der Waals surface area contributed by atoms with Gasteiger partial charge in [0.25, 0.3) is 0 Å². The fraction of sp³-hybridized carbons (Fsp3) is 0.933. The van der Waals surface area contributed by atoms with Gasteiger partial charge in [0.05, 0.1) is 0 Å². The molecule has 0 aromatic rings. The smallest absolute Gasteiger partial charge is 0.238 e. The van der Waals surface area contributed by atoms with Crippen LogP contribution < -0.4 is 11.1 Å². The molecule has 0 bridgehead atoms. The first kappa shape index (κ1) is 17.4. The molecule has 5 heteroatoms. The number of nitrogens with two attached hydrogens (primary N) is 1. The van der Waals surface area contributed by atoms with Crippen molar-refractivity contribution in [3.05, 3.63) is 0 Å². The molecular weight excluding hydrogens is 252 g/mol. The molecule has 2 unspecified atom stereocenters. The van der Waals surface area contributed by atoms with E-state index in [1.165, 1.54) is 19.4 Å². The molecule has 1 aliphatic rings. The molecule has 1 heterocycles. The Morgan fingerprint density at radius 2 is 2.20 bits per heavy atom. The number of hydrogen-bond donors (Lipinski definition) is 2. The van der Waals surface area contributed by atoms with E-state index in [2.05, 4.69) is 29.1 Å². The molecule has 1 fully saturated rings. The van der Waals surface area contributed by atoms with Gasteiger partial charge in [0.1, 0.15) is 5.54 Å². The van der Waals surface area contributed by atoms with Crippen molar-refractivity contribution in [3.63, 3.8) is 0 Å². The van der Waals surface area contributed by atoms with Crippen molar-refractivity contribution in [2.24, 2.45) is 5.73 Å². The van der Waals surface area contributed by atoms with E-state index in [1.807, 2.05) is 20.8 Å². The summed E-state index contributed by atoms with van der Waals surface area (Å²) < 4.78 is 0. The van der Waals surface area contributed by atoms with Crippen LogP contribution in [-0.2, 0) is 4.79 Å². The fourth-order valence-electron chi connectivity index (χ4n) is 3.31. The zero-order chi connectivity index (χ0) is 15.3. The van der Waals surface area contributed by atoms with E-state index < -0.39 is 5.54 Å². The highest BCUT2D eigenvalue weighted by molar-refractivity contribution is 5.84. The number of rotatable bonds is 8. The van der Waals surface area contributed by atoms with Gasteiger partial charge >= 0.3 is 0 Å². The molecule has 1 saturated heterocycles. The van der Waals surface area contributed by atoms with Gasteiger partial charge in [0.2, 0.25) is 5.91 Å². The van der Waals surface area contributed by atoms with E-state index in [0.717, 1.165) is 13.1 Å². The Hall–Kier alpha value is -0.650. The Morgan fingerprint density at radius 3 is 2.70 bits per heavy atom. The van der Waals surface area contributed by atoms with Gasteiger partial charge in [0, 0.05) is 25.2 Å². The van der Waals surface area contributed by atoms with E-state index in [4.69, 9.17) is 5.73 Å². The van der Waals surface area contributed by atoms with Gasteiger partial charge in [-0.25, -0.2) is 0 Å². The lowest BCUT2D eigenvalue weighted by Crippen LogP contribution is -2.61. The van der Waals surface area contributed by atoms with E-state index in [1.54, 1.807) is 0 Å². The average Bonchev–Trinajstić information content (AvgIpc) is 2.74. The van der Waals surface area contributed by atoms with E-state index in [0.29, 0.717) is 12.6 Å². The van der Waals surface area contributed by atoms with Crippen LogP contribution in [0.15, 0.2) is 0 Å². The summed E-state index contributed by atoms with van der Waals surface area (Å²) in [6.45, 7) is 12.1. The molecule has 0 aromatic heterocycles. The summed E-state index contributed by atoms with van der Waals surface area (Å²) in [5, 5.41) is 3.31. The number of nitrogens with zero attached hydrogens (tertiary/aromatic N) is 2. The van der Waals surface area contributed by atoms with Crippen LogP contribution in [0.4, 0.5) is 0 Å². The molecule has 1 aliphatic heterocycles. The quantitative estimate of drug-likeness (QED) is 0.687. The Morgan fingerprint density at radius 1 is 1.55 bits per heavy atom. The molecule has 0 spiro atoms. The van der Waals surface area contributed by atoms with Crippen LogP contribution >= 0.6 is 0 Å².